The molecule has 4 heteroatoms. The van der Waals surface area contributed by atoms with Gasteiger partial charge in [-0.25, -0.2) is 0 Å². The van der Waals surface area contributed by atoms with Gasteiger partial charge in [-0.2, -0.15) is 0 Å². The number of likely N-dealkylation sites (tertiary alicyclic amines) is 1. The fourth-order valence-corrected chi connectivity index (χ4v) is 3.45. The lowest BCUT2D eigenvalue weighted by Crippen LogP contribution is -2.40. The first-order valence-electron chi connectivity index (χ1n) is 8.60. The van der Waals surface area contributed by atoms with Crippen molar-refractivity contribution in [3.63, 3.8) is 0 Å². The molecule has 1 unspecified atom stereocenters. The minimum Gasteiger partial charge on any atom is -0.352 e. The van der Waals surface area contributed by atoms with Crippen LogP contribution in [-0.2, 0) is 17.9 Å². The predicted octanol–water partition coefficient (Wildman–Crippen LogP) is 1.90. The first-order chi connectivity index (χ1) is 10.8. The number of carbonyl (C=O) groups excluding carboxylic acids is 1. The SMILES string of the molecule is O=C(NCc1cccc(CN2CCCC2)c1)C1CCCNC1. The van der Waals surface area contributed by atoms with Crippen LogP contribution in [0, 0.1) is 5.92 Å². The van der Waals surface area contributed by atoms with Crippen molar-refractivity contribution in [2.75, 3.05) is 26.2 Å². The monoisotopic (exact) mass is 301 g/mol. The van der Waals surface area contributed by atoms with Gasteiger partial charge in [0.2, 0.25) is 5.91 Å². The van der Waals surface area contributed by atoms with E-state index in [1.54, 1.807) is 0 Å². The van der Waals surface area contributed by atoms with E-state index in [1.165, 1.54) is 37.1 Å². The van der Waals surface area contributed by atoms with Crippen molar-refractivity contribution in [1.82, 2.24) is 15.5 Å². The lowest BCUT2D eigenvalue weighted by molar-refractivity contribution is -0.125. The van der Waals surface area contributed by atoms with Gasteiger partial charge in [0, 0.05) is 19.6 Å². The molecule has 2 aliphatic heterocycles. The molecular formula is C18H27N3O. The number of hydrogen-bond donors (Lipinski definition) is 2. The molecule has 0 aliphatic carbocycles. The van der Waals surface area contributed by atoms with Crippen molar-refractivity contribution in [3.8, 4) is 0 Å². The first kappa shape index (κ1) is 15.5. The van der Waals surface area contributed by atoms with Crippen molar-refractivity contribution < 1.29 is 4.79 Å². The molecule has 3 rings (SSSR count). The molecule has 22 heavy (non-hydrogen) atoms. The van der Waals surface area contributed by atoms with Crippen LogP contribution in [0.4, 0.5) is 0 Å². The quantitative estimate of drug-likeness (QED) is 0.873. The molecule has 2 aliphatic rings. The van der Waals surface area contributed by atoms with Gasteiger partial charge >= 0.3 is 0 Å². The van der Waals surface area contributed by atoms with Gasteiger partial charge in [-0.3, -0.25) is 9.69 Å². The highest BCUT2D eigenvalue weighted by atomic mass is 16.1. The third-order valence-electron chi connectivity index (χ3n) is 4.73. The maximum Gasteiger partial charge on any atom is 0.224 e. The molecule has 1 aromatic rings. The smallest absolute Gasteiger partial charge is 0.224 e. The highest BCUT2D eigenvalue weighted by Crippen LogP contribution is 2.14. The Morgan fingerprint density at radius 3 is 2.82 bits per heavy atom. The van der Waals surface area contributed by atoms with E-state index in [9.17, 15) is 4.79 Å². The number of nitrogens with one attached hydrogen (secondary N) is 2. The van der Waals surface area contributed by atoms with E-state index in [2.05, 4.69) is 39.8 Å². The number of piperidine rings is 1. The second-order valence-electron chi connectivity index (χ2n) is 6.56. The number of nitrogens with zero attached hydrogens (tertiary/aromatic N) is 1. The number of benzene rings is 1. The number of rotatable bonds is 5. The number of hydrogen-bond acceptors (Lipinski definition) is 3. The van der Waals surface area contributed by atoms with E-state index >= 15 is 0 Å². The second-order valence-corrected chi connectivity index (χ2v) is 6.56. The van der Waals surface area contributed by atoms with Gasteiger partial charge in [0.15, 0.2) is 0 Å². The van der Waals surface area contributed by atoms with Gasteiger partial charge < -0.3 is 10.6 Å². The first-order valence-corrected chi connectivity index (χ1v) is 8.60. The molecule has 1 amide bonds. The molecule has 2 fully saturated rings. The Bertz CT molecular complexity index is 491. The molecule has 0 bridgehead atoms. The molecule has 1 atom stereocenters. The second kappa shape index (κ2) is 7.75. The number of amides is 1. The Labute approximate surface area is 133 Å². The minimum absolute atomic E-state index is 0.140. The normalized spacial score (nSPS) is 22.6. The van der Waals surface area contributed by atoms with Gasteiger partial charge in [-0.15, -0.1) is 0 Å². The van der Waals surface area contributed by atoms with E-state index in [0.717, 1.165) is 32.5 Å². The Morgan fingerprint density at radius 2 is 2.05 bits per heavy atom. The molecule has 2 saturated heterocycles. The predicted molar refractivity (Wildman–Crippen MR) is 88.4 cm³/mol. The molecular weight excluding hydrogens is 274 g/mol. The summed E-state index contributed by atoms with van der Waals surface area (Å²) in [5.41, 5.74) is 2.56. The van der Waals surface area contributed by atoms with E-state index < -0.39 is 0 Å². The summed E-state index contributed by atoms with van der Waals surface area (Å²) in [6.45, 7) is 5.98. The van der Waals surface area contributed by atoms with E-state index in [1.807, 2.05) is 0 Å². The summed E-state index contributed by atoms with van der Waals surface area (Å²) in [4.78, 5) is 14.7. The van der Waals surface area contributed by atoms with Gasteiger partial charge in [0.05, 0.1) is 5.92 Å². The largest absolute Gasteiger partial charge is 0.352 e. The lowest BCUT2D eigenvalue weighted by atomic mass is 9.99. The summed E-state index contributed by atoms with van der Waals surface area (Å²) in [6, 6.07) is 8.63. The summed E-state index contributed by atoms with van der Waals surface area (Å²) in [5, 5.41) is 6.39. The fourth-order valence-electron chi connectivity index (χ4n) is 3.45. The average molecular weight is 301 g/mol. The standard InChI is InChI=1S/C18H27N3O/c22-18(17-7-4-8-19-13-17)20-12-15-5-3-6-16(11-15)14-21-9-1-2-10-21/h3,5-6,11,17,19H,1-2,4,7-10,12-14H2,(H,20,22). The third-order valence-corrected chi connectivity index (χ3v) is 4.73. The number of carbonyl (C=O) groups is 1. The summed E-state index contributed by atoms with van der Waals surface area (Å²) in [7, 11) is 0. The van der Waals surface area contributed by atoms with Crippen LogP contribution in [0.3, 0.4) is 0 Å². The third kappa shape index (κ3) is 4.31. The molecule has 1 aromatic carbocycles. The van der Waals surface area contributed by atoms with Crippen molar-refractivity contribution in [3.05, 3.63) is 35.4 Å². The highest BCUT2D eigenvalue weighted by molar-refractivity contribution is 5.78. The van der Waals surface area contributed by atoms with Crippen LogP contribution in [0.5, 0.6) is 0 Å². The Kier molecular flexibility index (Phi) is 5.46. The maximum atomic E-state index is 12.2. The fraction of sp³-hybridized carbons (Fsp3) is 0.611. The van der Waals surface area contributed by atoms with E-state index in [-0.39, 0.29) is 11.8 Å². The van der Waals surface area contributed by atoms with Crippen molar-refractivity contribution in [2.24, 2.45) is 5.92 Å². The summed E-state index contributed by atoms with van der Waals surface area (Å²) >= 11 is 0. The Balaban J connectivity index is 1.50. The molecule has 2 heterocycles. The topological polar surface area (TPSA) is 44.4 Å². The molecule has 4 nitrogen and oxygen atoms in total. The molecule has 0 saturated carbocycles. The molecule has 0 aromatic heterocycles. The van der Waals surface area contributed by atoms with Gasteiger partial charge in [0.1, 0.15) is 0 Å². The van der Waals surface area contributed by atoms with Crippen LogP contribution < -0.4 is 10.6 Å². The van der Waals surface area contributed by atoms with Crippen LogP contribution >= 0.6 is 0 Å². The lowest BCUT2D eigenvalue weighted by Gasteiger charge is -2.22. The van der Waals surface area contributed by atoms with Gasteiger partial charge in [0.25, 0.3) is 0 Å². The van der Waals surface area contributed by atoms with Gasteiger partial charge in [-0.1, -0.05) is 24.3 Å². The molecule has 0 radical (unpaired) electrons. The zero-order chi connectivity index (χ0) is 15.2. The van der Waals surface area contributed by atoms with Crippen LogP contribution in [0.15, 0.2) is 24.3 Å². The van der Waals surface area contributed by atoms with E-state index in [4.69, 9.17) is 0 Å². The summed E-state index contributed by atoms with van der Waals surface area (Å²) < 4.78 is 0. The van der Waals surface area contributed by atoms with Gasteiger partial charge in [-0.05, 0) is 56.4 Å². The van der Waals surface area contributed by atoms with Crippen LogP contribution in [0.1, 0.15) is 36.8 Å². The van der Waals surface area contributed by atoms with Crippen molar-refractivity contribution >= 4 is 5.91 Å². The Hall–Kier alpha value is -1.39. The zero-order valence-electron chi connectivity index (χ0n) is 13.3. The molecule has 0 spiro atoms. The molecule has 2 N–H and O–H groups in total. The van der Waals surface area contributed by atoms with Crippen LogP contribution in [0.25, 0.3) is 0 Å². The summed E-state index contributed by atoms with van der Waals surface area (Å²) in [5.74, 6) is 0.332. The average Bonchev–Trinajstić information content (AvgIpc) is 3.07. The minimum atomic E-state index is 0.140. The zero-order valence-corrected chi connectivity index (χ0v) is 13.3. The summed E-state index contributed by atoms with van der Waals surface area (Å²) in [6.07, 6.45) is 4.76. The molecule has 120 valence electrons. The Morgan fingerprint density at radius 1 is 1.23 bits per heavy atom. The highest BCUT2D eigenvalue weighted by Gasteiger charge is 2.20. The van der Waals surface area contributed by atoms with Crippen molar-refractivity contribution in [2.45, 2.75) is 38.8 Å². The van der Waals surface area contributed by atoms with Crippen LogP contribution in [-0.4, -0.2) is 37.0 Å². The maximum absolute atomic E-state index is 12.2. The van der Waals surface area contributed by atoms with Crippen LogP contribution in [0.2, 0.25) is 0 Å². The van der Waals surface area contributed by atoms with E-state index in [0.29, 0.717) is 6.54 Å². The van der Waals surface area contributed by atoms with Crippen molar-refractivity contribution in [1.29, 1.82) is 0 Å².